The van der Waals surface area contributed by atoms with Crippen molar-refractivity contribution in [2.45, 2.75) is 60.2 Å². The van der Waals surface area contributed by atoms with Crippen LogP contribution in [0.3, 0.4) is 0 Å². The van der Waals surface area contributed by atoms with Gasteiger partial charge in [0.25, 0.3) is 0 Å². The number of phenols is 1. The monoisotopic (exact) mass is 800 g/mol. The average molecular weight is 801 g/mol. The Balaban J connectivity index is 1.18. The zero-order chi connectivity index (χ0) is 39.8. The molecule has 1 aliphatic heterocycles. The first-order valence-electron chi connectivity index (χ1n) is 18.7. The summed E-state index contributed by atoms with van der Waals surface area (Å²) in [5, 5.41) is 22.6. The minimum atomic E-state index is -4.04. The molecule has 6 aromatic carbocycles. The summed E-state index contributed by atoms with van der Waals surface area (Å²) in [5.74, 6) is 0.0209. The molecule has 7 rings (SSSR count). The molecule has 0 radical (unpaired) electrons. The Morgan fingerprint density at radius 1 is 0.737 bits per heavy atom. The van der Waals surface area contributed by atoms with Gasteiger partial charge in [-0.2, -0.15) is 4.72 Å². The first-order chi connectivity index (χ1) is 27.6. The van der Waals surface area contributed by atoms with Crippen LogP contribution in [0.5, 0.6) is 5.75 Å². The second-order valence-corrected chi connectivity index (χ2v) is 16.8. The SMILES string of the molecule is Cc1ccc(S(=O)(=O)N[C@H](Cc2ccccc2)C(=O)Nc2cccc(C3O[C@H](CSc4ccc(O)cc4)[C@@H](c4ccccc4)[C@H](c4ccc(CO)cc4)O3)c2)cc1. The third kappa shape index (κ3) is 10.2. The lowest BCUT2D eigenvalue weighted by Crippen LogP contribution is -2.45. The Morgan fingerprint density at radius 2 is 1.40 bits per heavy atom. The van der Waals surface area contributed by atoms with Crippen molar-refractivity contribution >= 4 is 33.4 Å². The normalized spacial score (nSPS) is 18.8. The number of sulfonamides is 1. The molecule has 9 nitrogen and oxygen atoms in total. The second kappa shape index (κ2) is 18.3. The molecule has 0 bridgehead atoms. The lowest BCUT2D eigenvalue weighted by molar-refractivity contribution is -0.255. The molecule has 1 amide bonds. The molecule has 1 unspecified atom stereocenters. The largest absolute Gasteiger partial charge is 0.508 e. The Bertz CT molecular complexity index is 2340. The molecule has 1 saturated heterocycles. The van der Waals surface area contributed by atoms with Crippen LogP contribution in [-0.2, 0) is 37.3 Å². The number of ether oxygens (including phenoxy) is 2. The lowest BCUT2D eigenvalue weighted by Gasteiger charge is -2.43. The van der Waals surface area contributed by atoms with Crippen molar-refractivity contribution in [3.05, 3.63) is 191 Å². The van der Waals surface area contributed by atoms with Crippen LogP contribution in [-0.4, -0.2) is 42.4 Å². The van der Waals surface area contributed by atoms with Crippen LogP contribution in [0.1, 0.15) is 51.7 Å². The number of phenolic OH excluding ortho intramolecular Hbond substituents is 1. The van der Waals surface area contributed by atoms with E-state index in [0.717, 1.165) is 32.7 Å². The van der Waals surface area contributed by atoms with Gasteiger partial charge in [0, 0.05) is 27.8 Å². The van der Waals surface area contributed by atoms with Gasteiger partial charge in [0.05, 0.1) is 23.7 Å². The molecular weight excluding hydrogens is 757 g/mol. The van der Waals surface area contributed by atoms with Crippen molar-refractivity contribution in [3.8, 4) is 5.75 Å². The van der Waals surface area contributed by atoms with Gasteiger partial charge >= 0.3 is 0 Å². The molecule has 1 heterocycles. The maximum atomic E-state index is 14.0. The second-order valence-electron chi connectivity index (χ2n) is 14.0. The molecule has 0 saturated carbocycles. The number of rotatable bonds is 14. The molecule has 292 valence electrons. The smallest absolute Gasteiger partial charge is 0.242 e. The number of hydrogen-bond acceptors (Lipinski definition) is 8. The molecule has 4 N–H and O–H groups in total. The number of aromatic hydroxyl groups is 1. The van der Waals surface area contributed by atoms with E-state index >= 15 is 0 Å². The zero-order valence-corrected chi connectivity index (χ0v) is 32.9. The Labute approximate surface area is 337 Å². The molecule has 1 aliphatic rings. The maximum Gasteiger partial charge on any atom is 0.242 e. The van der Waals surface area contributed by atoms with Gasteiger partial charge in [-0.1, -0.05) is 115 Å². The van der Waals surface area contributed by atoms with E-state index in [0.29, 0.717) is 17.0 Å². The van der Waals surface area contributed by atoms with Gasteiger partial charge in [0.2, 0.25) is 15.9 Å². The van der Waals surface area contributed by atoms with E-state index in [-0.39, 0.29) is 35.7 Å². The third-order valence-electron chi connectivity index (χ3n) is 9.88. The summed E-state index contributed by atoms with van der Waals surface area (Å²) in [6, 6.07) is 46.7. The van der Waals surface area contributed by atoms with Crippen molar-refractivity contribution in [1.82, 2.24) is 4.72 Å². The van der Waals surface area contributed by atoms with Crippen molar-refractivity contribution in [2.24, 2.45) is 0 Å². The summed E-state index contributed by atoms with van der Waals surface area (Å²) >= 11 is 1.62. The van der Waals surface area contributed by atoms with Gasteiger partial charge in [0.15, 0.2) is 6.29 Å². The zero-order valence-electron chi connectivity index (χ0n) is 31.3. The number of aryl methyl sites for hydroxylation is 1. The number of nitrogens with one attached hydrogen (secondary N) is 2. The van der Waals surface area contributed by atoms with Gasteiger partial charge in [-0.25, -0.2) is 8.42 Å². The fourth-order valence-electron chi connectivity index (χ4n) is 6.88. The molecule has 11 heteroatoms. The first-order valence-corrected chi connectivity index (χ1v) is 21.1. The Hall–Kier alpha value is -5.27. The number of carbonyl (C=O) groups is 1. The van der Waals surface area contributed by atoms with Crippen LogP contribution < -0.4 is 10.0 Å². The minimum absolute atomic E-state index is 0.0695. The van der Waals surface area contributed by atoms with E-state index in [2.05, 4.69) is 22.2 Å². The highest BCUT2D eigenvalue weighted by Crippen LogP contribution is 2.48. The topological polar surface area (TPSA) is 134 Å². The van der Waals surface area contributed by atoms with E-state index in [1.54, 1.807) is 54.2 Å². The highest BCUT2D eigenvalue weighted by atomic mass is 32.2. The standard InChI is InChI=1S/C46H44N2O7S2/c1-31-15-25-40(26-16-31)57(52,53)48-41(27-32-9-4-2-5-10-32)45(51)47-37-14-8-13-36(28-37)46-54-42(30-56-39-23-21-38(50)22-24-39)43(34-11-6-3-7-12-34)44(55-46)35-19-17-33(29-49)18-20-35/h2-26,28,41-44,46,48-50H,27,29-30H2,1H3,(H,47,51)/t41-,42-,43-,44+,46?/m1/s1. The Morgan fingerprint density at radius 3 is 2.09 bits per heavy atom. The van der Waals surface area contributed by atoms with E-state index < -0.39 is 34.4 Å². The van der Waals surface area contributed by atoms with Crippen LogP contribution in [0.25, 0.3) is 0 Å². The van der Waals surface area contributed by atoms with E-state index in [4.69, 9.17) is 9.47 Å². The number of aliphatic hydroxyl groups is 1. The van der Waals surface area contributed by atoms with Gasteiger partial charge in [-0.15, -0.1) is 11.8 Å². The molecule has 0 aromatic heterocycles. The van der Waals surface area contributed by atoms with Gasteiger partial charge in [0.1, 0.15) is 11.8 Å². The summed E-state index contributed by atoms with van der Waals surface area (Å²) in [6.07, 6.45) is -1.51. The maximum absolute atomic E-state index is 14.0. The summed E-state index contributed by atoms with van der Waals surface area (Å²) in [7, 11) is -4.04. The predicted octanol–water partition coefficient (Wildman–Crippen LogP) is 8.45. The molecule has 0 aliphatic carbocycles. The quantitative estimate of drug-likeness (QED) is 0.0807. The van der Waals surface area contributed by atoms with Crippen LogP contribution in [0, 0.1) is 6.92 Å². The van der Waals surface area contributed by atoms with Gasteiger partial charge < -0.3 is 25.0 Å². The summed E-state index contributed by atoms with van der Waals surface area (Å²) in [5.41, 5.74) is 5.57. The van der Waals surface area contributed by atoms with E-state index in [1.807, 2.05) is 97.9 Å². The summed E-state index contributed by atoms with van der Waals surface area (Å²) < 4.78 is 43.4. The third-order valence-corrected chi connectivity index (χ3v) is 12.5. The molecule has 5 atom stereocenters. The van der Waals surface area contributed by atoms with Crippen molar-refractivity contribution in [3.63, 3.8) is 0 Å². The highest BCUT2D eigenvalue weighted by Gasteiger charge is 2.42. The summed E-state index contributed by atoms with van der Waals surface area (Å²) in [4.78, 5) is 15.1. The minimum Gasteiger partial charge on any atom is -0.508 e. The number of amides is 1. The number of benzene rings is 6. The Kier molecular flexibility index (Phi) is 12.8. The molecule has 1 fully saturated rings. The fourth-order valence-corrected chi connectivity index (χ4v) is 9.04. The fraction of sp³-hybridized carbons (Fsp3) is 0.196. The van der Waals surface area contributed by atoms with Gasteiger partial charge in [-0.3, -0.25) is 4.79 Å². The number of aliphatic hydroxyl groups excluding tert-OH is 1. The lowest BCUT2D eigenvalue weighted by atomic mass is 9.84. The van der Waals surface area contributed by atoms with Crippen LogP contribution in [0.4, 0.5) is 5.69 Å². The van der Waals surface area contributed by atoms with Crippen molar-refractivity contribution in [2.75, 3.05) is 11.1 Å². The van der Waals surface area contributed by atoms with E-state index in [1.165, 1.54) is 12.1 Å². The van der Waals surface area contributed by atoms with Crippen molar-refractivity contribution < 1.29 is 32.9 Å². The highest BCUT2D eigenvalue weighted by molar-refractivity contribution is 7.99. The van der Waals surface area contributed by atoms with Crippen LogP contribution in [0.2, 0.25) is 0 Å². The summed E-state index contributed by atoms with van der Waals surface area (Å²) in [6.45, 7) is 1.80. The number of thioether (sulfide) groups is 1. The van der Waals surface area contributed by atoms with E-state index in [9.17, 15) is 23.4 Å². The van der Waals surface area contributed by atoms with Gasteiger partial charge in [-0.05, 0) is 84.1 Å². The first kappa shape index (κ1) is 39.9. The van der Waals surface area contributed by atoms with Crippen molar-refractivity contribution in [1.29, 1.82) is 0 Å². The molecular formula is C46H44N2O7S2. The van der Waals surface area contributed by atoms with Crippen LogP contribution in [0.15, 0.2) is 168 Å². The number of carbonyl (C=O) groups excluding carboxylic acids is 1. The molecule has 6 aromatic rings. The van der Waals surface area contributed by atoms with Crippen LogP contribution >= 0.6 is 11.8 Å². The molecule has 0 spiro atoms. The predicted molar refractivity (Wildman–Crippen MR) is 222 cm³/mol. The molecule has 57 heavy (non-hydrogen) atoms. The average Bonchev–Trinajstić information content (AvgIpc) is 3.24. The number of anilines is 1. The number of hydrogen-bond donors (Lipinski definition) is 4.